The van der Waals surface area contributed by atoms with Crippen LogP contribution in [0.1, 0.15) is 44.9 Å². The zero-order valence-corrected chi connectivity index (χ0v) is 21.5. The molecule has 0 spiro atoms. The number of benzene rings is 2. The molecule has 6 rings (SSSR count). The maximum Gasteiger partial charge on any atom is 0.416 e. The molecule has 1 aromatic heterocycles. The monoisotopic (exact) mass is 535 g/mol. The first kappa shape index (κ1) is 25.6. The van der Waals surface area contributed by atoms with Crippen molar-refractivity contribution in [2.75, 3.05) is 31.2 Å². The summed E-state index contributed by atoms with van der Waals surface area (Å²) < 4.78 is 50.0. The number of rotatable bonds is 6. The van der Waals surface area contributed by atoms with Gasteiger partial charge >= 0.3 is 6.18 Å². The van der Waals surface area contributed by atoms with Crippen LogP contribution in [0.4, 0.5) is 18.9 Å². The SMILES string of the molecule is C#C[C@H]1CCN(Cc2cc3c(c(C(F)(F)F)c2)CN(c2cccc(C4(Cc5nncn5C)COC4)c2)C3=O)C1. The van der Waals surface area contributed by atoms with E-state index in [1.165, 1.54) is 11.0 Å². The van der Waals surface area contributed by atoms with Gasteiger partial charge in [0.2, 0.25) is 0 Å². The molecule has 39 heavy (non-hydrogen) atoms. The number of hydrogen-bond acceptors (Lipinski definition) is 5. The number of carbonyl (C=O) groups is 1. The van der Waals surface area contributed by atoms with Crippen LogP contribution < -0.4 is 4.90 Å². The predicted molar refractivity (Wildman–Crippen MR) is 138 cm³/mol. The Kier molecular flexibility index (Phi) is 6.24. The van der Waals surface area contributed by atoms with E-state index in [9.17, 15) is 18.0 Å². The molecule has 2 aromatic carbocycles. The van der Waals surface area contributed by atoms with E-state index in [4.69, 9.17) is 11.2 Å². The van der Waals surface area contributed by atoms with Crippen LogP contribution in [0.2, 0.25) is 0 Å². The Morgan fingerprint density at radius 1 is 1.23 bits per heavy atom. The van der Waals surface area contributed by atoms with Gasteiger partial charge in [0.15, 0.2) is 0 Å². The number of aryl methyl sites for hydroxylation is 1. The van der Waals surface area contributed by atoms with Gasteiger partial charge in [-0.3, -0.25) is 9.69 Å². The summed E-state index contributed by atoms with van der Waals surface area (Å²) in [5.74, 6) is 3.21. The molecule has 0 radical (unpaired) electrons. The van der Waals surface area contributed by atoms with Gasteiger partial charge in [-0.15, -0.1) is 22.5 Å². The first-order chi connectivity index (χ1) is 18.7. The molecule has 3 aromatic rings. The molecule has 202 valence electrons. The number of alkyl halides is 3. The molecular weight excluding hydrogens is 507 g/mol. The molecule has 10 heteroatoms. The van der Waals surface area contributed by atoms with Crippen LogP contribution in [0, 0.1) is 18.3 Å². The van der Waals surface area contributed by atoms with Crippen molar-refractivity contribution >= 4 is 11.6 Å². The van der Waals surface area contributed by atoms with Crippen molar-refractivity contribution in [3.63, 3.8) is 0 Å². The molecule has 0 aliphatic carbocycles. The Labute approximate surface area is 224 Å². The van der Waals surface area contributed by atoms with E-state index in [1.807, 2.05) is 34.7 Å². The van der Waals surface area contributed by atoms with Crippen LogP contribution in [0.5, 0.6) is 0 Å². The van der Waals surface area contributed by atoms with Gasteiger partial charge in [-0.05, 0) is 53.9 Å². The van der Waals surface area contributed by atoms with Gasteiger partial charge in [-0.2, -0.15) is 13.2 Å². The Morgan fingerprint density at radius 2 is 2.05 bits per heavy atom. The van der Waals surface area contributed by atoms with Crippen LogP contribution in [0.25, 0.3) is 0 Å². The van der Waals surface area contributed by atoms with Crippen molar-refractivity contribution in [1.29, 1.82) is 0 Å². The van der Waals surface area contributed by atoms with E-state index in [-0.39, 0.29) is 29.0 Å². The highest BCUT2D eigenvalue weighted by atomic mass is 19.4. The second-order valence-corrected chi connectivity index (χ2v) is 10.8. The smallest absolute Gasteiger partial charge is 0.379 e. The number of fused-ring (bicyclic) bond motifs is 1. The highest BCUT2D eigenvalue weighted by molar-refractivity contribution is 6.10. The van der Waals surface area contributed by atoms with Gasteiger partial charge in [0.1, 0.15) is 12.2 Å². The summed E-state index contributed by atoms with van der Waals surface area (Å²) in [6.07, 6.45) is 4.02. The quantitative estimate of drug-likeness (QED) is 0.448. The lowest BCUT2D eigenvalue weighted by atomic mass is 9.75. The van der Waals surface area contributed by atoms with Crippen molar-refractivity contribution in [2.45, 2.75) is 37.5 Å². The number of anilines is 1. The fourth-order valence-electron chi connectivity index (χ4n) is 5.88. The van der Waals surface area contributed by atoms with Crippen LogP contribution in [-0.2, 0) is 42.9 Å². The van der Waals surface area contributed by atoms with Crippen LogP contribution in [0.3, 0.4) is 0 Å². The third kappa shape index (κ3) is 4.60. The molecule has 0 bridgehead atoms. The molecule has 3 aliphatic rings. The van der Waals surface area contributed by atoms with Gasteiger partial charge in [0.05, 0.1) is 25.3 Å². The fourth-order valence-corrected chi connectivity index (χ4v) is 5.88. The summed E-state index contributed by atoms with van der Waals surface area (Å²) in [4.78, 5) is 17.1. The van der Waals surface area contributed by atoms with Crippen molar-refractivity contribution in [1.82, 2.24) is 19.7 Å². The summed E-state index contributed by atoms with van der Waals surface area (Å²) in [5, 5.41) is 8.17. The van der Waals surface area contributed by atoms with Crippen LogP contribution in [-0.4, -0.2) is 51.9 Å². The molecule has 2 saturated heterocycles. The normalized spacial score (nSPS) is 20.6. The number of ether oxygens (including phenoxy) is 1. The number of likely N-dealkylation sites (tertiary alicyclic amines) is 1. The minimum Gasteiger partial charge on any atom is -0.379 e. The first-order valence-corrected chi connectivity index (χ1v) is 12.9. The Bertz CT molecular complexity index is 1470. The van der Waals surface area contributed by atoms with Gasteiger partial charge < -0.3 is 14.2 Å². The van der Waals surface area contributed by atoms with Crippen molar-refractivity contribution in [2.24, 2.45) is 13.0 Å². The second-order valence-electron chi connectivity index (χ2n) is 10.8. The lowest BCUT2D eigenvalue weighted by Gasteiger charge is -2.42. The summed E-state index contributed by atoms with van der Waals surface area (Å²) >= 11 is 0. The predicted octanol–water partition coefficient (Wildman–Crippen LogP) is 3.96. The highest BCUT2D eigenvalue weighted by Gasteiger charge is 2.43. The van der Waals surface area contributed by atoms with E-state index in [0.717, 1.165) is 24.4 Å². The van der Waals surface area contributed by atoms with Gasteiger partial charge in [0, 0.05) is 49.1 Å². The number of halogens is 3. The lowest BCUT2D eigenvalue weighted by Crippen LogP contribution is -2.49. The van der Waals surface area contributed by atoms with Crippen molar-refractivity contribution in [3.05, 3.63) is 76.4 Å². The Balaban J connectivity index is 1.31. The minimum absolute atomic E-state index is 0.0188. The molecule has 3 aliphatic heterocycles. The molecule has 2 fully saturated rings. The Hall–Kier alpha value is -3.68. The van der Waals surface area contributed by atoms with Crippen molar-refractivity contribution in [3.8, 4) is 12.3 Å². The van der Waals surface area contributed by atoms with Crippen molar-refractivity contribution < 1.29 is 22.7 Å². The number of terminal acetylenes is 1. The van der Waals surface area contributed by atoms with E-state index < -0.39 is 17.6 Å². The summed E-state index contributed by atoms with van der Waals surface area (Å²) in [7, 11) is 1.88. The topological polar surface area (TPSA) is 63.5 Å². The summed E-state index contributed by atoms with van der Waals surface area (Å²) in [5.41, 5.74) is 1.01. The minimum atomic E-state index is -4.58. The molecule has 0 N–H and O–H groups in total. The van der Waals surface area contributed by atoms with Gasteiger partial charge in [0.25, 0.3) is 5.91 Å². The fraction of sp³-hybridized carbons (Fsp3) is 0.414. The third-order valence-corrected chi connectivity index (χ3v) is 8.15. The van der Waals surface area contributed by atoms with Crippen LogP contribution >= 0.6 is 0 Å². The maximum atomic E-state index is 14.2. The summed E-state index contributed by atoms with van der Waals surface area (Å²) in [6.45, 7) is 2.51. The first-order valence-electron chi connectivity index (χ1n) is 12.9. The number of hydrogen-bond donors (Lipinski definition) is 0. The molecule has 1 amide bonds. The average Bonchev–Trinajstić information content (AvgIpc) is 3.60. The standard InChI is InChI=1S/C29H28F3N5O2/c1-3-19-7-8-36(13-19)14-20-9-23-24(25(10-20)29(30,31)32)15-37(27(23)38)22-6-4-5-21(11-22)28(16-39-17-28)12-26-34-33-18-35(26)2/h1,4-6,9-11,18-19H,7-8,12-17H2,2H3/t19-/m0/s1. The molecule has 7 nitrogen and oxygen atoms in total. The number of amides is 1. The molecular formula is C29H28F3N5O2. The molecule has 4 heterocycles. The molecule has 0 saturated carbocycles. The Morgan fingerprint density at radius 3 is 2.69 bits per heavy atom. The lowest BCUT2D eigenvalue weighted by molar-refractivity contribution is -0.138. The van der Waals surface area contributed by atoms with E-state index in [1.54, 1.807) is 18.5 Å². The largest absolute Gasteiger partial charge is 0.416 e. The zero-order valence-electron chi connectivity index (χ0n) is 21.5. The zero-order chi connectivity index (χ0) is 27.4. The number of carbonyl (C=O) groups excluding carboxylic acids is 1. The second kappa shape index (κ2) is 9.50. The highest BCUT2D eigenvalue weighted by Crippen LogP contribution is 2.42. The van der Waals surface area contributed by atoms with E-state index in [0.29, 0.717) is 44.0 Å². The molecule has 0 unspecified atom stereocenters. The van der Waals surface area contributed by atoms with Gasteiger partial charge in [-0.1, -0.05) is 12.1 Å². The third-order valence-electron chi connectivity index (χ3n) is 8.15. The number of aromatic nitrogens is 3. The van der Waals surface area contributed by atoms with Crippen LogP contribution in [0.15, 0.2) is 42.7 Å². The van der Waals surface area contributed by atoms with Gasteiger partial charge in [-0.25, -0.2) is 0 Å². The maximum absolute atomic E-state index is 14.2. The van der Waals surface area contributed by atoms with E-state index in [2.05, 4.69) is 16.1 Å². The number of nitrogens with zero attached hydrogens (tertiary/aromatic N) is 5. The average molecular weight is 536 g/mol. The van der Waals surface area contributed by atoms with E-state index >= 15 is 0 Å². The molecule has 1 atom stereocenters. The summed E-state index contributed by atoms with van der Waals surface area (Å²) in [6, 6.07) is 10.3.